The van der Waals surface area contributed by atoms with Crippen molar-refractivity contribution in [2.45, 2.75) is 32.4 Å². The highest BCUT2D eigenvalue weighted by atomic mass is 16.5. The molecule has 0 atom stereocenters. The van der Waals surface area contributed by atoms with Crippen LogP contribution < -0.4 is 10.6 Å². The van der Waals surface area contributed by atoms with Gasteiger partial charge in [-0.1, -0.05) is 17.3 Å². The topological polar surface area (TPSA) is 65.7 Å². The average molecular weight is 291 g/mol. The third-order valence-electron chi connectivity index (χ3n) is 3.57. The molecule has 0 aliphatic carbocycles. The van der Waals surface area contributed by atoms with Gasteiger partial charge in [0.05, 0.1) is 6.54 Å². The van der Waals surface area contributed by atoms with Crippen molar-refractivity contribution < 1.29 is 4.52 Å². The minimum Gasteiger partial charge on any atom is -0.364 e. The molecule has 116 valence electrons. The summed E-state index contributed by atoms with van der Waals surface area (Å²) in [5.74, 6) is 0.816. The zero-order valence-corrected chi connectivity index (χ0v) is 12.9. The van der Waals surface area contributed by atoms with Crippen molar-refractivity contribution in [1.82, 2.24) is 20.7 Å². The molecule has 0 saturated carbocycles. The fraction of sp³-hybridized carbons (Fsp3) is 0.600. The molecule has 0 bridgehead atoms. The predicted octanol–water partition coefficient (Wildman–Crippen LogP) is 1.38. The van der Waals surface area contributed by atoms with Crippen LogP contribution in [0.15, 0.2) is 34.0 Å². The second-order valence-electron chi connectivity index (χ2n) is 5.57. The van der Waals surface area contributed by atoms with E-state index in [2.05, 4.69) is 39.2 Å². The minimum absolute atomic E-state index is 0.467. The Morgan fingerprint density at radius 3 is 2.86 bits per heavy atom. The Hall–Kier alpha value is -1.82. The molecule has 6 heteroatoms. The van der Waals surface area contributed by atoms with Crippen molar-refractivity contribution in [3.63, 3.8) is 0 Å². The first-order chi connectivity index (χ1) is 10.2. The number of aliphatic imine (C=N–C) groups is 1. The Labute approximate surface area is 126 Å². The molecule has 2 N–H and O–H groups in total. The van der Waals surface area contributed by atoms with Crippen LogP contribution in [-0.2, 0) is 6.54 Å². The average Bonchev–Trinajstić information content (AvgIpc) is 2.98. The van der Waals surface area contributed by atoms with Crippen LogP contribution in [0.1, 0.15) is 25.5 Å². The van der Waals surface area contributed by atoms with Crippen LogP contribution in [0.4, 0.5) is 0 Å². The summed E-state index contributed by atoms with van der Waals surface area (Å²) in [6.07, 6.45) is 3.82. The molecule has 0 spiro atoms. The van der Waals surface area contributed by atoms with Crippen LogP contribution in [-0.4, -0.2) is 48.7 Å². The maximum Gasteiger partial charge on any atom is 0.191 e. The van der Waals surface area contributed by atoms with Crippen molar-refractivity contribution in [3.8, 4) is 0 Å². The van der Waals surface area contributed by atoms with E-state index >= 15 is 0 Å². The molecule has 1 aromatic rings. The van der Waals surface area contributed by atoms with Crippen LogP contribution >= 0.6 is 0 Å². The van der Waals surface area contributed by atoms with Gasteiger partial charge >= 0.3 is 0 Å². The molecule has 21 heavy (non-hydrogen) atoms. The lowest BCUT2D eigenvalue weighted by molar-refractivity contribution is 0.221. The normalized spacial score (nSPS) is 17.7. The summed E-state index contributed by atoms with van der Waals surface area (Å²) in [6, 6.07) is 2.31. The van der Waals surface area contributed by atoms with Crippen molar-refractivity contribution in [2.75, 3.05) is 26.7 Å². The van der Waals surface area contributed by atoms with Gasteiger partial charge in [0.25, 0.3) is 0 Å². The van der Waals surface area contributed by atoms with Gasteiger partial charge < -0.3 is 15.2 Å². The van der Waals surface area contributed by atoms with Crippen LogP contribution in [0, 0.1) is 0 Å². The van der Waals surface area contributed by atoms with Gasteiger partial charge in [-0.25, -0.2) is 0 Å². The number of hydrogen-bond donors (Lipinski definition) is 2. The molecule has 0 unspecified atom stereocenters. The lowest BCUT2D eigenvalue weighted by Gasteiger charge is -2.33. The van der Waals surface area contributed by atoms with E-state index in [1.807, 2.05) is 6.07 Å². The molecule has 6 nitrogen and oxygen atoms in total. The highest BCUT2D eigenvalue weighted by molar-refractivity contribution is 5.79. The van der Waals surface area contributed by atoms with Gasteiger partial charge in [0.1, 0.15) is 12.0 Å². The van der Waals surface area contributed by atoms with Gasteiger partial charge in [-0.05, 0) is 19.8 Å². The van der Waals surface area contributed by atoms with Crippen LogP contribution in [0.5, 0.6) is 0 Å². The Morgan fingerprint density at radius 1 is 1.52 bits per heavy atom. The number of nitrogens with one attached hydrogen (secondary N) is 2. The maximum absolute atomic E-state index is 4.81. The van der Waals surface area contributed by atoms with Gasteiger partial charge in [0.2, 0.25) is 0 Å². The molecule has 0 aromatic carbocycles. The van der Waals surface area contributed by atoms with Gasteiger partial charge in [0.15, 0.2) is 5.96 Å². The zero-order chi connectivity index (χ0) is 15.1. The van der Waals surface area contributed by atoms with Gasteiger partial charge in [-0.15, -0.1) is 0 Å². The molecular formula is C15H25N5O. The van der Waals surface area contributed by atoms with Crippen molar-refractivity contribution in [1.29, 1.82) is 0 Å². The van der Waals surface area contributed by atoms with Gasteiger partial charge in [-0.3, -0.25) is 9.89 Å². The van der Waals surface area contributed by atoms with Crippen molar-refractivity contribution in [3.05, 3.63) is 30.2 Å². The SMILES string of the molecule is C=C(C)CN1CCC(NC(=NC)NCc2ccon2)CC1. The number of aromatic nitrogens is 1. The fourth-order valence-electron chi connectivity index (χ4n) is 2.51. The lowest BCUT2D eigenvalue weighted by atomic mass is 10.0. The maximum atomic E-state index is 4.81. The summed E-state index contributed by atoms with van der Waals surface area (Å²) in [4.78, 5) is 6.71. The van der Waals surface area contributed by atoms with E-state index < -0.39 is 0 Å². The smallest absolute Gasteiger partial charge is 0.191 e. The van der Waals surface area contributed by atoms with Crippen LogP contribution in [0.25, 0.3) is 0 Å². The van der Waals surface area contributed by atoms with E-state index in [0.717, 1.165) is 44.1 Å². The molecule has 1 saturated heterocycles. The number of piperidine rings is 1. The first-order valence-electron chi connectivity index (χ1n) is 7.40. The lowest BCUT2D eigenvalue weighted by Crippen LogP contribution is -2.48. The number of guanidine groups is 1. The summed E-state index contributed by atoms with van der Waals surface area (Å²) in [5.41, 5.74) is 2.10. The van der Waals surface area contributed by atoms with E-state index in [1.165, 1.54) is 5.57 Å². The van der Waals surface area contributed by atoms with Crippen LogP contribution in [0.2, 0.25) is 0 Å². The molecule has 0 radical (unpaired) electrons. The molecule has 0 amide bonds. The second kappa shape index (κ2) is 7.83. The standard InChI is InChI=1S/C15H25N5O/c1-12(2)11-20-7-4-13(5-8-20)18-15(16-3)17-10-14-6-9-21-19-14/h6,9,13H,1,4-5,7-8,10-11H2,2-3H3,(H2,16,17,18). The highest BCUT2D eigenvalue weighted by Gasteiger charge is 2.19. The molecule has 2 rings (SSSR count). The van der Waals surface area contributed by atoms with E-state index in [0.29, 0.717) is 12.6 Å². The Kier molecular flexibility index (Phi) is 5.80. The third-order valence-corrected chi connectivity index (χ3v) is 3.57. The van der Waals surface area contributed by atoms with Crippen molar-refractivity contribution >= 4 is 5.96 Å². The Balaban J connectivity index is 1.72. The Bertz CT molecular complexity index is 460. The summed E-state index contributed by atoms with van der Waals surface area (Å²) in [7, 11) is 1.79. The Morgan fingerprint density at radius 2 is 2.29 bits per heavy atom. The summed E-state index contributed by atoms with van der Waals surface area (Å²) < 4.78 is 4.81. The van der Waals surface area contributed by atoms with Crippen molar-refractivity contribution in [2.24, 2.45) is 4.99 Å². The van der Waals surface area contributed by atoms with E-state index in [4.69, 9.17) is 4.52 Å². The molecule has 1 aliphatic heterocycles. The van der Waals surface area contributed by atoms with Gasteiger partial charge in [0, 0.05) is 38.8 Å². The zero-order valence-electron chi connectivity index (χ0n) is 12.9. The van der Waals surface area contributed by atoms with E-state index in [9.17, 15) is 0 Å². The first-order valence-corrected chi connectivity index (χ1v) is 7.40. The van der Waals surface area contributed by atoms with E-state index in [-0.39, 0.29) is 0 Å². The quantitative estimate of drug-likeness (QED) is 0.487. The molecule has 1 aliphatic rings. The number of hydrogen-bond acceptors (Lipinski definition) is 4. The summed E-state index contributed by atoms with van der Waals surface area (Å²) >= 11 is 0. The highest BCUT2D eigenvalue weighted by Crippen LogP contribution is 2.11. The largest absolute Gasteiger partial charge is 0.364 e. The number of rotatable bonds is 5. The number of likely N-dealkylation sites (tertiary alicyclic amines) is 1. The third kappa shape index (κ3) is 5.23. The predicted molar refractivity (Wildman–Crippen MR) is 84.1 cm³/mol. The number of nitrogens with zero attached hydrogens (tertiary/aromatic N) is 3. The molecule has 2 heterocycles. The van der Waals surface area contributed by atoms with Crippen LogP contribution in [0.3, 0.4) is 0 Å². The molecule has 1 fully saturated rings. The van der Waals surface area contributed by atoms with E-state index in [1.54, 1.807) is 13.3 Å². The minimum atomic E-state index is 0.467. The second-order valence-corrected chi connectivity index (χ2v) is 5.57. The first kappa shape index (κ1) is 15.6. The molecular weight excluding hydrogens is 266 g/mol. The fourth-order valence-corrected chi connectivity index (χ4v) is 2.51. The monoisotopic (exact) mass is 291 g/mol. The molecule has 1 aromatic heterocycles. The van der Waals surface area contributed by atoms with Gasteiger partial charge in [-0.2, -0.15) is 0 Å². The summed E-state index contributed by atoms with van der Waals surface area (Å²) in [5, 5.41) is 10.6. The summed E-state index contributed by atoms with van der Waals surface area (Å²) in [6.45, 7) is 9.89.